The van der Waals surface area contributed by atoms with Crippen LogP contribution in [0, 0.1) is 0 Å². The summed E-state index contributed by atoms with van der Waals surface area (Å²) >= 11 is 0. The molecule has 1 unspecified atom stereocenters. The molecular weight excluding hydrogens is 334 g/mol. The van der Waals surface area contributed by atoms with Crippen molar-refractivity contribution in [2.24, 2.45) is 4.99 Å². The van der Waals surface area contributed by atoms with Gasteiger partial charge in [0.15, 0.2) is 5.96 Å². The number of hydrogen-bond donors (Lipinski definition) is 2. The summed E-state index contributed by atoms with van der Waals surface area (Å²) in [5, 5.41) is 6.83. The first-order chi connectivity index (χ1) is 13.4. The van der Waals surface area contributed by atoms with Crippen molar-refractivity contribution >= 4 is 5.96 Å². The molecule has 0 bridgehead atoms. The van der Waals surface area contributed by atoms with Gasteiger partial charge in [-0.1, -0.05) is 36.4 Å². The largest absolute Gasteiger partial charge is 0.357 e. The Balaban J connectivity index is 1.62. The topological polar surface area (TPSA) is 52.6 Å². The third-order valence-electron chi connectivity index (χ3n) is 4.96. The highest BCUT2D eigenvalue weighted by molar-refractivity contribution is 5.79. The Morgan fingerprint density at radius 3 is 2.63 bits per heavy atom. The maximum Gasteiger partial charge on any atom is 0.191 e. The zero-order chi connectivity index (χ0) is 18.7. The van der Waals surface area contributed by atoms with Gasteiger partial charge in [0.25, 0.3) is 0 Å². The van der Waals surface area contributed by atoms with E-state index in [9.17, 15) is 0 Å². The van der Waals surface area contributed by atoms with Crippen molar-refractivity contribution in [1.29, 1.82) is 0 Å². The molecule has 5 nitrogen and oxygen atoms in total. The van der Waals surface area contributed by atoms with Crippen LogP contribution in [0.15, 0.2) is 59.9 Å². The van der Waals surface area contributed by atoms with E-state index in [1.54, 1.807) is 0 Å². The fourth-order valence-electron chi connectivity index (χ4n) is 3.55. The molecule has 1 aromatic carbocycles. The fraction of sp³-hybridized carbons (Fsp3) is 0.455. The van der Waals surface area contributed by atoms with Gasteiger partial charge in [0.2, 0.25) is 0 Å². The van der Waals surface area contributed by atoms with Crippen LogP contribution in [-0.4, -0.2) is 48.6 Å². The predicted molar refractivity (Wildman–Crippen MR) is 112 cm³/mol. The highest BCUT2D eigenvalue weighted by Crippen LogP contribution is 2.25. The van der Waals surface area contributed by atoms with Gasteiger partial charge in [-0.15, -0.1) is 0 Å². The first-order valence-electron chi connectivity index (χ1n) is 10.1. The van der Waals surface area contributed by atoms with Gasteiger partial charge in [-0.25, -0.2) is 0 Å². The molecule has 1 aliphatic heterocycles. The number of aromatic nitrogens is 1. The summed E-state index contributed by atoms with van der Waals surface area (Å²) in [6.45, 7) is 6.91. The van der Waals surface area contributed by atoms with Gasteiger partial charge in [-0.2, -0.15) is 0 Å². The van der Waals surface area contributed by atoms with Crippen LogP contribution >= 0.6 is 0 Å². The van der Waals surface area contributed by atoms with Crippen LogP contribution < -0.4 is 10.6 Å². The van der Waals surface area contributed by atoms with E-state index in [0.29, 0.717) is 6.04 Å². The maximum absolute atomic E-state index is 4.90. The standard InChI is InChI=1S/C22H31N5/c1-2-24-22(25-14-12-19-9-8-13-23-17-19)26-18-21(27-15-6-7-16-27)20-10-4-3-5-11-20/h3-5,8-11,13,17,21H,2,6-7,12,14-16,18H2,1H3,(H2,24,25,26). The molecule has 5 heteroatoms. The summed E-state index contributed by atoms with van der Waals surface area (Å²) in [6.07, 6.45) is 7.24. The van der Waals surface area contributed by atoms with E-state index in [4.69, 9.17) is 4.99 Å². The van der Waals surface area contributed by atoms with Gasteiger partial charge in [-0.05, 0) is 56.5 Å². The molecule has 0 amide bonds. The third-order valence-corrected chi connectivity index (χ3v) is 4.96. The SMILES string of the molecule is CCNC(=NCC(c1ccccc1)N1CCCC1)NCCc1cccnc1. The number of nitrogens with zero attached hydrogens (tertiary/aromatic N) is 3. The van der Waals surface area contributed by atoms with Crippen LogP contribution in [0.4, 0.5) is 0 Å². The molecule has 144 valence electrons. The number of hydrogen-bond acceptors (Lipinski definition) is 3. The summed E-state index contributed by atoms with van der Waals surface area (Å²) in [5.41, 5.74) is 2.59. The molecular formula is C22H31N5. The first-order valence-corrected chi connectivity index (χ1v) is 10.1. The molecule has 2 heterocycles. The van der Waals surface area contributed by atoms with Crippen molar-refractivity contribution in [3.05, 3.63) is 66.0 Å². The van der Waals surface area contributed by atoms with Gasteiger partial charge in [0.1, 0.15) is 0 Å². The summed E-state index contributed by atoms with van der Waals surface area (Å²) in [4.78, 5) is 11.6. The van der Waals surface area contributed by atoms with Crippen LogP contribution in [0.2, 0.25) is 0 Å². The van der Waals surface area contributed by atoms with E-state index in [0.717, 1.165) is 32.0 Å². The lowest BCUT2D eigenvalue weighted by molar-refractivity contribution is 0.251. The molecule has 1 fully saturated rings. The van der Waals surface area contributed by atoms with Crippen LogP contribution in [-0.2, 0) is 6.42 Å². The van der Waals surface area contributed by atoms with E-state index >= 15 is 0 Å². The van der Waals surface area contributed by atoms with Gasteiger partial charge in [-0.3, -0.25) is 14.9 Å². The van der Waals surface area contributed by atoms with E-state index in [1.165, 1.54) is 37.1 Å². The summed E-state index contributed by atoms with van der Waals surface area (Å²) in [6, 6.07) is 15.2. The summed E-state index contributed by atoms with van der Waals surface area (Å²) < 4.78 is 0. The van der Waals surface area contributed by atoms with Crippen molar-refractivity contribution < 1.29 is 0 Å². The smallest absolute Gasteiger partial charge is 0.191 e. The molecule has 0 aliphatic carbocycles. The number of pyridine rings is 1. The highest BCUT2D eigenvalue weighted by Gasteiger charge is 2.23. The van der Waals surface area contributed by atoms with Crippen molar-refractivity contribution in [3.63, 3.8) is 0 Å². The average molecular weight is 366 g/mol. The maximum atomic E-state index is 4.90. The van der Waals surface area contributed by atoms with Crippen LogP contribution in [0.25, 0.3) is 0 Å². The molecule has 3 rings (SSSR count). The zero-order valence-electron chi connectivity index (χ0n) is 16.3. The minimum atomic E-state index is 0.350. The van der Waals surface area contributed by atoms with Crippen LogP contribution in [0.5, 0.6) is 0 Å². The minimum Gasteiger partial charge on any atom is -0.357 e. The Labute approximate surface area is 162 Å². The number of rotatable bonds is 8. The minimum absolute atomic E-state index is 0.350. The Kier molecular flexibility index (Phi) is 7.66. The predicted octanol–water partition coefficient (Wildman–Crippen LogP) is 3.02. The Hall–Kier alpha value is -2.40. The Morgan fingerprint density at radius 2 is 1.93 bits per heavy atom. The Bertz CT molecular complexity index is 680. The quantitative estimate of drug-likeness (QED) is 0.558. The molecule has 27 heavy (non-hydrogen) atoms. The van der Waals surface area contributed by atoms with Crippen molar-refractivity contribution in [1.82, 2.24) is 20.5 Å². The van der Waals surface area contributed by atoms with Gasteiger partial charge in [0.05, 0.1) is 12.6 Å². The second-order valence-corrected chi connectivity index (χ2v) is 6.93. The molecule has 1 saturated heterocycles. The monoisotopic (exact) mass is 365 g/mol. The summed E-state index contributed by atoms with van der Waals surface area (Å²) in [7, 11) is 0. The van der Waals surface area contributed by atoms with Gasteiger partial charge < -0.3 is 10.6 Å². The van der Waals surface area contributed by atoms with E-state index in [-0.39, 0.29) is 0 Å². The summed E-state index contributed by atoms with van der Waals surface area (Å²) in [5.74, 6) is 0.890. The van der Waals surface area contributed by atoms with Crippen molar-refractivity contribution in [2.45, 2.75) is 32.2 Å². The number of likely N-dealkylation sites (tertiary alicyclic amines) is 1. The number of guanidine groups is 1. The number of aliphatic imine (C=N–C) groups is 1. The molecule has 0 spiro atoms. The normalized spacial score (nSPS) is 16.3. The lowest BCUT2D eigenvalue weighted by atomic mass is 10.1. The van der Waals surface area contributed by atoms with Gasteiger partial charge in [0, 0.05) is 25.5 Å². The lowest BCUT2D eigenvalue weighted by Crippen LogP contribution is -2.39. The second kappa shape index (κ2) is 10.7. The van der Waals surface area contributed by atoms with E-state index < -0.39 is 0 Å². The zero-order valence-corrected chi connectivity index (χ0v) is 16.3. The molecule has 1 aliphatic rings. The Morgan fingerprint density at radius 1 is 1.11 bits per heavy atom. The van der Waals surface area contributed by atoms with Crippen molar-refractivity contribution in [2.75, 3.05) is 32.7 Å². The lowest BCUT2D eigenvalue weighted by Gasteiger charge is -2.27. The number of nitrogens with one attached hydrogen (secondary N) is 2. The second-order valence-electron chi connectivity index (χ2n) is 6.93. The van der Waals surface area contributed by atoms with E-state index in [2.05, 4.69) is 63.8 Å². The third kappa shape index (κ3) is 6.07. The van der Waals surface area contributed by atoms with E-state index in [1.807, 2.05) is 18.5 Å². The van der Waals surface area contributed by atoms with Crippen LogP contribution in [0.3, 0.4) is 0 Å². The average Bonchev–Trinajstić information content (AvgIpc) is 3.24. The first kappa shape index (κ1) is 19.4. The molecule has 1 atom stereocenters. The van der Waals surface area contributed by atoms with Crippen molar-refractivity contribution in [3.8, 4) is 0 Å². The molecule has 0 saturated carbocycles. The van der Waals surface area contributed by atoms with Gasteiger partial charge >= 0.3 is 0 Å². The molecule has 1 aromatic heterocycles. The van der Waals surface area contributed by atoms with Crippen LogP contribution in [0.1, 0.15) is 36.9 Å². The molecule has 2 aromatic rings. The molecule has 2 N–H and O–H groups in total. The number of benzene rings is 1. The molecule has 0 radical (unpaired) electrons. The fourth-order valence-corrected chi connectivity index (χ4v) is 3.55. The highest BCUT2D eigenvalue weighted by atomic mass is 15.2.